The lowest BCUT2D eigenvalue weighted by atomic mass is 10.1. The molecule has 0 spiro atoms. The lowest BCUT2D eigenvalue weighted by Crippen LogP contribution is -2.42. The average Bonchev–Trinajstić information content (AvgIpc) is 3.90. The number of nitrogens with one attached hydrogen (secondary N) is 1. The van der Waals surface area contributed by atoms with Crippen LogP contribution in [0.5, 0.6) is 0 Å². The SMILES string of the molecule is O=C1N[C@H](CO)C[C@@H]1N(Cc1ccccc1)Cc1ccccc1.O=C1[C@@H](N(Cc2ccccc2)Cc2ccccc2)C[C@H]2CO[C@H](c3ccccc3)N12. The van der Waals surface area contributed by atoms with Gasteiger partial charge < -0.3 is 20.1 Å². The third kappa shape index (κ3) is 9.10. The minimum Gasteiger partial charge on any atom is -0.394 e. The van der Waals surface area contributed by atoms with Crippen molar-refractivity contribution >= 4 is 11.8 Å². The summed E-state index contributed by atoms with van der Waals surface area (Å²) in [5.74, 6) is 0.189. The van der Waals surface area contributed by atoms with Gasteiger partial charge in [0.15, 0.2) is 6.23 Å². The zero-order valence-corrected chi connectivity index (χ0v) is 30.0. The topological polar surface area (TPSA) is 85.3 Å². The van der Waals surface area contributed by atoms with E-state index in [-0.39, 0.29) is 48.8 Å². The highest BCUT2D eigenvalue weighted by atomic mass is 16.5. The summed E-state index contributed by atoms with van der Waals surface area (Å²) in [6, 6.07) is 50.9. The molecule has 5 aromatic carbocycles. The molecule has 53 heavy (non-hydrogen) atoms. The van der Waals surface area contributed by atoms with Crippen molar-refractivity contribution in [2.24, 2.45) is 0 Å². The maximum atomic E-state index is 13.6. The summed E-state index contributed by atoms with van der Waals surface area (Å²) >= 11 is 0. The van der Waals surface area contributed by atoms with E-state index in [1.54, 1.807) is 0 Å². The molecule has 3 aliphatic rings. The van der Waals surface area contributed by atoms with Gasteiger partial charge in [-0.25, -0.2) is 0 Å². The van der Waals surface area contributed by atoms with Crippen LogP contribution < -0.4 is 5.32 Å². The molecule has 2 amide bonds. The zero-order valence-electron chi connectivity index (χ0n) is 30.0. The summed E-state index contributed by atoms with van der Waals surface area (Å²) in [4.78, 5) is 32.4. The first kappa shape index (κ1) is 36.2. The monoisotopic (exact) mass is 708 g/mol. The van der Waals surface area contributed by atoms with Crippen molar-refractivity contribution in [3.05, 3.63) is 179 Å². The molecule has 2 N–H and O–H groups in total. The van der Waals surface area contributed by atoms with Crippen LogP contribution in [0, 0.1) is 0 Å². The number of carbonyl (C=O) groups excluding carboxylic acids is 2. The maximum absolute atomic E-state index is 13.6. The minimum absolute atomic E-state index is 0.00719. The number of amides is 2. The average molecular weight is 709 g/mol. The van der Waals surface area contributed by atoms with Crippen LogP contribution in [0.3, 0.4) is 0 Å². The Morgan fingerprint density at radius 3 is 1.42 bits per heavy atom. The lowest BCUT2D eigenvalue weighted by molar-refractivity contribution is -0.139. The molecule has 8 heteroatoms. The normalized spacial score (nSPS) is 22.1. The number of nitrogens with zero attached hydrogens (tertiary/aromatic N) is 3. The molecule has 3 heterocycles. The van der Waals surface area contributed by atoms with Crippen molar-refractivity contribution in [2.75, 3.05) is 13.2 Å². The molecule has 3 saturated heterocycles. The van der Waals surface area contributed by atoms with E-state index >= 15 is 0 Å². The van der Waals surface area contributed by atoms with Crippen LogP contribution in [-0.4, -0.2) is 69.0 Å². The molecule has 0 aliphatic carbocycles. The second-order valence-electron chi connectivity index (χ2n) is 14.1. The molecule has 0 radical (unpaired) electrons. The second-order valence-corrected chi connectivity index (χ2v) is 14.1. The Bertz CT molecular complexity index is 1800. The van der Waals surface area contributed by atoms with Crippen molar-refractivity contribution < 1.29 is 19.4 Å². The van der Waals surface area contributed by atoms with Gasteiger partial charge in [-0.3, -0.25) is 19.4 Å². The number of ether oxygens (including phenoxy) is 1. The van der Waals surface area contributed by atoms with E-state index < -0.39 is 0 Å². The number of carbonyl (C=O) groups is 2. The van der Waals surface area contributed by atoms with E-state index in [1.807, 2.05) is 83.8 Å². The van der Waals surface area contributed by atoms with Crippen molar-refractivity contribution in [2.45, 2.75) is 69.4 Å². The maximum Gasteiger partial charge on any atom is 0.242 e. The minimum atomic E-state index is -0.274. The first-order valence-corrected chi connectivity index (χ1v) is 18.6. The van der Waals surface area contributed by atoms with E-state index in [2.05, 4.69) is 87.9 Å². The fourth-order valence-corrected chi connectivity index (χ4v) is 7.73. The standard InChI is InChI=1S/C26H26N2O2.C19H22N2O2/c29-25-24(16-23-19-30-26(28(23)25)22-14-8-3-9-15-22)27(17-20-10-4-1-5-11-20)18-21-12-6-2-7-13-21;22-14-17-11-18(19(23)20-17)21(12-15-7-3-1-4-8-15)13-16-9-5-2-6-10-16/h1-15,23-24,26H,16-19H2;1-10,17-18,22H,11-14H2,(H,20,23)/t23-,24-,26+;17-,18-/m00/s1. The summed E-state index contributed by atoms with van der Waals surface area (Å²) in [6.45, 7) is 3.53. The quantitative estimate of drug-likeness (QED) is 0.158. The molecule has 0 unspecified atom stereocenters. The summed E-state index contributed by atoms with van der Waals surface area (Å²) < 4.78 is 6.03. The number of rotatable bonds is 12. The molecule has 3 fully saturated rings. The Balaban J connectivity index is 0.000000170. The molecule has 5 atom stereocenters. The van der Waals surface area contributed by atoms with E-state index in [0.717, 1.165) is 25.1 Å². The largest absolute Gasteiger partial charge is 0.394 e. The number of aliphatic hydroxyl groups is 1. The summed E-state index contributed by atoms with van der Waals surface area (Å²) in [6.07, 6.45) is 1.18. The summed E-state index contributed by atoms with van der Waals surface area (Å²) in [7, 11) is 0. The molecule has 3 aliphatic heterocycles. The smallest absolute Gasteiger partial charge is 0.242 e. The number of hydrogen-bond donors (Lipinski definition) is 2. The van der Waals surface area contributed by atoms with Crippen molar-refractivity contribution in [3.63, 3.8) is 0 Å². The predicted molar refractivity (Wildman–Crippen MR) is 206 cm³/mol. The highest BCUT2D eigenvalue weighted by Gasteiger charge is 2.50. The first-order chi connectivity index (χ1) is 26.1. The van der Waals surface area contributed by atoms with Crippen molar-refractivity contribution in [3.8, 4) is 0 Å². The predicted octanol–water partition coefficient (Wildman–Crippen LogP) is 6.33. The highest BCUT2D eigenvalue weighted by Crippen LogP contribution is 2.39. The van der Waals surface area contributed by atoms with Crippen LogP contribution in [-0.2, 0) is 40.5 Å². The zero-order chi connectivity index (χ0) is 36.4. The van der Waals surface area contributed by atoms with E-state index in [1.165, 1.54) is 22.3 Å². The van der Waals surface area contributed by atoms with Gasteiger partial charge in [-0.2, -0.15) is 0 Å². The fraction of sp³-hybridized carbons (Fsp3) is 0.289. The molecular weight excluding hydrogens is 661 g/mol. The van der Waals surface area contributed by atoms with E-state index in [4.69, 9.17) is 4.74 Å². The number of fused-ring (bicyclic) bond motifs is 1. The Morgan fingerprint density at radius 1 is 0.585 bits per heavy atom. The summed E-state index contributed by atoms with van der Waals surface area (Å²) in [5, 5.41) is 12.2. The Kier molecular flexibility index (Phi) is 12.0. The fourth-order valence-electron chi connectivity index (χ4n) is 7.73. The molecule has 8 rings (SSSR count). The number of hydrogen-bond acceptors (Lipinski definition) is 6. The third-order valence-corrected chi connectivity index (χ3v) is 10.4. The molecule has 0 bridgehead atoms. The molecule has 8 nitrogen and oxygen atoms in total. The van der Waals surface area contributed by atoms with Crippen LogP contribution in [0.2, 0.25) is 0 Å². The second kappa shape index (κ2) is 17.6. The Hall–Kier alpha value is -5.12. The molecule has 5 aromatic rings. The van der Waals surface area contributed by atoms with Crippen molar-refractivity contribution in [1.82, 2.24) is 20.0 Å². The first-order valence-electron chi connectivity index (χ1n) is 18.6. The van der Waals surface area contributed by atoms with Crippen molar-refractivity contribution in [1.29, 1.82) is 0 Å². The van der Waals surface area contributed by atoms with Gasteiger partial charge in [-0.05, 0) is 35.1 Å². The van der Waals surface area contributed by atoms with Crippen LogP contribution in [0.1, 0.15) is 46.9 Å². The Labute approximate surface area is 312 Å². The van der Waals surface area contributed by atoms with Crippen LogP contribution in [0.4, 0.5) is 0 Å². The summed E-state index contributed by atoms with van der Waals surface area (Å²) in [5.41, 5.74) is 5.87. The van der Waals surface area contributed by atoms with Gasteiger partial charge in [0.25, 0.3) is 0 Å². The van der Waals surface area contributed by atoms with E-state index in [9.17, 15) is 14.7 Å². The molecule has 0 saturated carbocycles. The molecule has 0 aromatic heterocycles. The van der Waals surface area contributed by atoms with Gasteiger partial charge >= 0.3 is 0 Å². The van der Waals surface area contributed by atoms with Gasteiger partial charge in [-0.1, -0.05) is 152 Å². The highest BCUT2D eigenvalue weighted by molar-refractivity contribution is 5.85. The lowest BCUT2D eigenvalue weighted by Gasteiger charge is -2.29. The number of aliphatic hydroxyl groups excluding tert-OH is 1. The third-order valence-electron chi connectivity index (χ3n) is 10.4. The van der Waals surface area contributed by atoms with Gasteiger partial charge in [-0.15, -0.1) is 0 Å². The van der Waals surface area contributed by atoms with E-state index in [0.29, 0.717) is 26.1 Å². The van der Waals surface area contributed by atoms with Gasteiger partial charge in [0.1, 0.15) is 0 Å². The van der Waals surface area contributed by atoms with Gasteiger partial charge in [0.2, 0.25) is 11.8 Å². The Morgan fingerprint density at radius 2 is 1.00 bits per heavy atom. The van der Waals surface area contributed by atoms with Crippen LogP contribution in [0.25, 0.3) is 0 Å². The van der Waals surface area contributed by atoms with Crippen LogP contribution >= 0.6 is 0 Å². The number of benzene rings is 5. The van der Waals surface area contributed by atoms with Crippen LogP contribution in [0.15, 0.2) is 152 Å². The molecule has 272 valence electrons. The van der Waals surface area contributed by atoms with Gasteiger partial charge in [0.05, 0.1) is 37.4 Å². The van der Waals surface area contributed by atoms with Gasteiger partial charge in [0, 0.05) is 31.7 Å². The molecular formula is C45H48N4O4.